The van der Waals surface area contributed by atoms with Crippen LogP contribution in [-0.2, 0) is 19.1 Å². The van der Waals surface area contributed by atoms with Crippen molar-refractivity contribution in [2.75, 3.05) is 12.9 Å². The van der Waals surface area contributed by atoms with Crippen molar-refractivity contribution in [1.82, 2.24) is 0 Å². The van der Waals surface area contributed by atoms with Gasteiger partial charge in [0.2, 0.25) is 0 Å². The third-order valence-electron chi connectivity index (χ3n) is 10.1. The number of carbonyl (C=O) groups is 2. The van der Waals surface area contributed by atoms with E-state index in [2.05, 4.69) is 32.5 Å². The quantitative estimate of drug-likeness (QED) is 0.490. The molecule has 4 nitrogen and oxygen atoms in total. The number of thioether (sulfide) groups is 1. The number of hydrogen-bond acceptors (Lipinski definition) is 5. The van der Waals surface area contributed by atoms with Gasteiger partial charge in [0.15, 0.2) is 0 Å². The van der Waals surface area contributed by atoms with Crippen LogP contribution >= 0.6 is 11.8 Å². The number of carbonyl (C=O) groups excluding carboxylic acids is 2. The van der Waals surface area contributed by atoms with Gasteiger partial charge in [0, 0.05) is 18.1 Å². The van der Waals surface area contributed by atoms with Crippen LogP contribution in [0.5, 0.6) is 0 Å². The van der Waals surface area contributed by atoms with E-state index in [0.29, 0.717) is 34.3 Å². The smallest absolute Gasteiger partial charge is 0.305 e. The van der Waals surface area contributed by atoms with Gasteiger partial charge >= 0.3 is 11.9 Å². The zero-order valence-electron chi connectivity index (χ0n) is 20.2. The molecule has 1 heterocycles. The first-order chi connectivity index (χ1) is 14.7. The maximum absolute atomic E-state index is 11.7. The molecule has 5 heteroatoms. The second-order valence-corrected chi connectivity index (χ2v) is 12.9. The van der Waals surface area contributed by atoms with E-state index in [-0.39, 0.29) is 18.0 Å². The number of esters is 2. The minimum absolute atomic E-state index is 0.0708. The summed E-state index contributed by atoms with van der Waals surface area (Å²) in [6.45, 7) is 9.03. The first kappa shape index (κ1) is 23.4. The van der Waals surface area contributed by atoms with Crippen LogP contribution in [0, 0.1) is 40.9 Å². The summed E-state index contributed by atoms with van der Waals surface area (Å²) in [6.07, 6.45) is 10.3. The van der Waals surface area contributed by atoms with Crippen molar-refractivity contribution in [3.05, 3.63) is 0 Å². The standard InChI is InChI=1S/C26H42O4S/c1-16(6-11-24(28)29-5)21-9-10-22-20-8-7-18-14-19(30-17(2)27)12-13-25(18,3)23(20)15-31-26(21,22)4/h16,18-23H,6-15H2,1-5H3/t16-,18-,19-,20+,21-,22+,23?,25+,26-/m1/s1. The molecule has 0 aromatic carbocycles. The average Bonchev–Trinajstić information content (AvgIpc) is 3.09. The predicted molar refractivity (Wildman–Crippen MR) is 125 cm³/mol. The molecule has 0 aromatic heterocycles. The molecule has 1 unspecified atom stereocenters. The van der Waals surface area contributed by atoms with Crippen LogP contribution in [0.3, 0.4) is 0 Å². The molecule has 0 spiro atoms. The van der Waals surface area contributed by atoms with Gasteiger partial charge in [-0.2, -0.15) is 11.8 Å². The highest BCUT2D eigenvalue weighted by Gasteiger charge is 2.61. The molecule has 0 aromatic rings. The molecular formula is C26H42O4S. The fourth-order valence-electron chi connectivity index (χ4n) is 8.37. The number of methoxy groups -OCH3 is 1. The molecule has 176 valence electrons. The van der Waals surface area contributed by atoms with E-state index in [1.807, 2.05) is 0 Å². The molecule has 3 saturated carbocycles. The SMILES string of the molecule is COC(=O)CC[C@@H](C)[C@H]1CC[C@H]2[C@@H]3CC[C@@H]4C[C@H](OC(C)=O)CC[C@]4(C)C3CS[C@]12C. The van der Waals surface area contributed by atoms with Gasteiger partial charge in [-0.25, -0.2) is 0 Å². The van der Waals surface area contributed by atoms with Crippen LogP contribution in [-0.4, -0.2) is 35.7 Å². The lowest BCUT2D eigenvalue weighted by Crippen LogP contribution is -2.56. The minimum atomic E-state index is -0.121. The van der Waals surface area contributed by atoms with E-state index in [1.54, 1.807) is 6.92 Å². The topological polar surface area (TPSA) is 52.6 Å². The highest BCUT2D eigenvalue weighted by Crippen LogP contribution is 2.67. The molecule has 1 saturated heterocycles. The third-order valence-corrected chi connectivity index (χ3v) is 11.9. The van der Waals surface area contributed by atoms with Gasteiger partial charge in [-0.05, 0) is 105 Å². The Balaban J connectivity index is 1.45. The van der Waals surface area contributed by atoms with Crippen molar-refractivity contribution >= 4 is 23.7 Å². The van der Waals surface area contributed by atoms with Gasteiger partial charge in [-0.3, -0.25) is 9.59 Å². The summed E-state index contributed by atoms with van der Waals surface area (Å²) in [6, 6.07) is 0. The molecule has 31 heavy (non-hydrogen) atoms. The molecule has 0 amide bonds. The van der Waals surface area contributed by atoms with Crippen molar-refractivity contribution in [1.29, 1.82) is 0 Å². The molecule has 9 atom stereocenters. The van der Waals surface area contributed by atoms with Crippen LogP contribution in [0.15, 0.2) is 0 Å². The zero-order chi connectivity index (χ0) is 22.4. The maximum Gasteiger partial charge on any atom is 0.305 e. The Kier molecular flexibility index (Phi) is 6.74. The number of hydrogen-bond donors (Lipinski definition) is 0. The van der Waals surface area contributed by atoms with Gasteiger partial charge in [-0.1, -0.05) is 13.8 Å². The largest absolute Gasteiger partial charge is 0.469 e. The third kappa shape index (κ3) is 4.17. The molecule has 4 rings (SSSR count). The van der Waals surface area contributed by atoms with Crippen molar-refractivity contribution < 1.29 is 19.1 Å². The predicted octanol–water partition coefficient (Wildman–Crippen LogP) is 5.87. The molecule has 0 bridgehead atoms. The van der Waals surface area contributed by atoms with Crippen molar-refractivity contribution in [3.8, 4) is 0 Å². The fourth-order valence-corrected chi connectivity index (χ4v) is 10.6. The Bertz CT molecular complexity index is 695. The summed E-state index contributed by atoms with van der Waals surface area (Å²) in [5.41, 5.74) is 0.405. The highest BCUT2D eigenvalue weighted by atomic mass is 32.2. The van der Waals surface area contributed by atoms with Gasteiger partial charge in [0.1, 0.15) is 6.10 Å². The van der Waals surface area contributed by atoms with E-state index in [9.17, 15) is 9.59 Å². The van der Waals surface area contributed by atoms with Gasteiger partial charge in [-0.15, -0.1) is 0 Å². The van der Waals surface area contributed by atoms with Crippen LogP contribution in [0.1, 0.15) is 85.5 Å². The van der Waals surface area contributed by atoms with E-state index in [0.717, 1.165) is 37.0 Å². The Morgan fingerprint density at radius 3 is 2.58 bits per heavy atom. The lowest BCUT2D eigenvalue weighted by molar-refractivity contribution is -0.154. The fraction of sp³-hybridized carbons (Fsp3) is 0.923. The molecule has 0 N–H and O–H groups in total. The monoisotopic (exact) mass is 450 g/mol. The van der Waals surface area contributed by atoms with E-state index < -0.39 is 0 Å². The Labute approximate surface area is 193 Å². The van der Waals surface area contributed by atoms with E-state index in [1.165, 1.54) is 45.0 Å². The Morgan fingerprint density at radius 1 is 1.10 bits per heavy atom. The zero-order valence-corrected chi connectivity index (χ0v) is 21.0. The number of rotatable bonds is 5. The van der Waals surface area contributed by atoms with Crippen LogP contribution in [0.2, 0.25) is 0 Å². The first-order valence-electron chi connectivity index (χ1n) is 12.6. The Hall–Kier alpha value is -0.710. The molecular weight excluding hydrogens is 408 g/mol. The lowest BCUT2D eigenvalue weighted by atomic mass is 9.50. The van der Waals surface area contributed by atoms with E-state index in [4.69, 9.17) is 9.47 Å². The van der Waals surface area contributed by atoms with Gasteiger partial charge in [0.25, 0.3) is 0 Å². The number of fused-ring (bicyclic) bond motifs is 5. The summed E-state index contributed by atoms with van der Waals surface area (Å²) in [4.78, 5) is 23.2. The number of ether oxygens (including phenoxy) is 2. The second kappa shape index (κ2) is 8.91. The lowest BCUT2D eigenvalue weighted by Gasteiger charge is -2.61. The Morgan fingerprint density at radius 2 is 1.87 bits per heavy atom. The van der Waals surface area contributed by atoms with Crippen molar-refractivity contribution in [2.24, 2.45) is 40.9 Å². The van der Waals surface area contributed by atoms with Crippen LogP contribution < -0.4 is 0 Å². The van der Waals surface area contributed by atoms with Crippen LogP contribution in [0.4, 0.5) is 0 Å². The first-order valence-corrected chi connectivity index (χ1v) is 13.6. The minimum Gasteiger partial charge on any atom is -0.469 e. The molecule has 1 aliphatic heterocycles. The molecule has 0 radical (unpaired) electrons. The summed E-state index contributed by atoms with van der Waals surface area (Å²) >= 11 is 2.26. The summed E-state index contributed by atoms with van der Waals surface area (Å²) in [7, 11) is 1.49. The second-order valence-electron chi connectivity index (χ2n) is 11.4. The molecule has 4 fully saturated rings. The molecule has 3 aliphatic carbocycles. The van der Waals surface area contributed by atoms with Crippen molar-refractivity contribution in [2.45, 2.75) is 96.3 Å². The normalized spacial score (nSPS) is 45.1. The maximum atomic E-state index is 11.7. The van der Waals surface area contributed by atoms with Gasteiger partial charge < -0.3 is 9.47 Å². The van der Waals surface area contributed by atoms with Crippen molar-refractivity contribution in [3.63, 3.8) is 0 Å². The van der Waals surface area contributed by atoms with Crippen LogP contribution in [0.25, 0.3) is 0 Å². The van der Waals surface area contributed by atoms with Gasteiger partial charge in [0.05, 0.1) is 7.11 Å². The summed E-state index contributed by atoms with van der Waals surface area (Å²) < 4.78 is 10.9. The highest BCUT2D eigenvalue weighted by molar-refractivity contribution is 8.00. The van der Waals surface area contributed by atoms with E-state index >= 15 is 0 Å². The average molecular weight is 451 g/mol. The summed E-state index contributed by atoms with van der Waals surface area (Å²) in [5.74, 6) is 5.53. The summed E-state index contributed by atoms with van der Waals surface area (Å²) in [5, 5.41) is 0. The molecule has 4 aliphatic rings.